The van der Waals surface area contributed by atoms with Crippen molar-refractivity contribution in [3.05, 3.63) is 59.1 Å². The van der Waals surface area contributed by atoms with Crippen molar-refractivity contribution in [2.45, 2.75) is 44.1 Å². The largest absolute Gasteiger partial charge is 0.497 e. The Morgan fingerprint density at radius 1 is 1.12 bits per heavy atom. The van der Waals surface area contributed by atoms with Gasteiger partial charge in [-0.2, -0.15) is 0 Å². The van der Waals surface area contributed by atoms with E-state index in [4.69, 9.17) is 9.47 Å². The molecule has 3 rings (SSSR count). The minimum Gasteiger partial charge on any atom is -0.497 e. The van der Waals surface area contributed by atoms with Crippen LogP contribution in [0.3, 0.4) is 0 Å². The number of carbonyl (C=O) groups excluding carboxylic acids is 1. The molecule has 1 heterocycles. The van der Waals surface area contributed by atoms with Crippen LogP contribution in [0.2, 0.25) is 0 Å². The van der Waals surface area contributed by atoms with Crippen LogP contribution in [0.1, 0.15) is 39.0 Å². The third kappa shape index (κ3) is 6.21. The minimum atomic E-state index is -1.41. The third-order valence-corrected chi connectivity index (χ3v) is 7.77. The van der Waals surface area contributed by atoms with Gasteiger partial charge >= 0.3 is 0 Å². The molecule has 33 heavy (non-hydrogen) atoms. The molecule has 1 amide bonds. The van der Waals surface area contributed by atoms with Gasteiger partial charge in [0.2, 0.25) is 5.91 Å². The summed E-state index contributed by atoms with van der Waals surface area (Å²) in [5, 5.41) is 4.82. The number of carbonyl (C=O) groups is 1. The normalized spacial score (nSPS) is 13.3. The SMILES string of the molecule is COc1ccc(-c2nc(CS(=O)C(C)C(=O)Nc3ccc(C(C)(C)C)cc3)cs2)c(OC)c1. The Morgan fingerprint density at radius 2 is 1.82 bits per heavy atom. The van der Waals surface area contributed by atoms with Gasteiger partial charge in [0, 0.05) is 27.9 Å². The van der Waals surface area contributed by atoms with Crippen LogP contribution in [0.25, 0.3) is 10.6 Å². The Bertz CT molecular complexity index is 1130. The van der Waals surface area contributed by atoms with E-state index in [1.54, 1.807) is 27.2 Å². The number of rotatable bonds is 8. The van der Waals surface area contributed by atoms with Gasteiger partial charge in [0.15, 0.2) is 0 Å². The zero-order valence-corrected chi connectivity index (χ0v) is 21.4. The fourth-order valence-corrected chi connectivity index (χ4v) is 5.10. The number of nitrogens with zero attached hydrogens (tertiary/aromatic N) is 1. The predicted octanol–water partition coefficient (Wildman–Crippen LogP) is 5.40. The Labute approximate surface area is 201 Å². The van der Waals surface area contributed by atoms with E-state index < -0.39 is 16.0 Å². The summed E-state index contributed by atoms with van der Waals surface area (Å²) in [6.45, 7) is 8.09. The first kappa shape index (κ1) is 24.9. The molecule has 2 aromatic carbocycles. The van der Waals surface area contributed by atoms with E-state index in [0.717, 1.165) is 10.6 Å². The molecule has 176 valence electrons. The number of benzene rings is 2. The molecule has 0 saturated carbocycles. The van der Waals surface area contributed by atoms with Gasteiger partial charge in [-0.05, 0) is 42.2 Å². The molecule has 8 heteroatoms. The maximum Gasteiger partial charge on any atom is 0.239 e. The maximum absolute atomic E-state index is 12.9. The van der Waals surface area contributed by atoms with E-state index >= 15 is 0 Å². The van der Waals surface area contributed by atoms with Crippen LogP contribution in [0.15, 0.2) is 47.8 Å². The summed E-state index contributed by atoms with van der Waals surface area (Å²) in [5.41, 5.74) is 3.44. The molecule has 0 saturated heterocycles. The molecule has 6 nitrogen and oxygen atoms in total. The number of ether oxygens (including phenoxy) is 2. The first-order valence-electron chi connectivity index (χ1n) is 10.6. The topological polar surface area (TPSA) is 77.5 Å². The summed E-state index contributed by atoms with van der Waals surface area (Å²) in [5.74, 6) is 1.28. The molecular formula is C25H30N2O4S2. The van der Waals surface area contributed by atoms with Crippen LogP contribution >= 0.6 is 11.3 Å². The summed E-state index contributed by atoms with van der Waals surface area (Å²) in [4.78, 5) is 17.3. The molecule has 0 aliphatic rings. The highest BCUT2D eigenvalue weighted by molar-refractivity contribution is 7.85. The highest BCUT2D eigenvalue weighted by Crippen LogP contribution is 2.35. The van der Waals surface area contributed by atoms with Crippen molar-refractivity contribution < 1.29 is 18.5 Å². The van der Waals surface area contributed by atoms with Crippen molar-refractivity contribution in [2.75, 3.05) is 19.5 Å². The zero-order valence-electron chi connectivity index (χ0n) is 19.8. The molecule has 0 radical (unpaired) electrons. The maximum atomic E-state index is 12.9. The van der Waals surface area contributed by atoms with Gasteiger partial charge in [0.05, 0.1) is 31.2 Å². The van der Waals surface area contributed by atoms with E-state index in [0.29, 0.717) is 22.9 Å². The summed E-state index contributed by atoms with van der Waals surface area (Å²) < 4.78 is 23.6. The van der Waals surface area contributed by atoms with Gasteiger partial charge in [-0.15, -0.1) is 11.3 Å². The minimum absolute atomic E-state index is 0.0412. The van der Waals surface area contributed by atoms with Gasteiger partial charge in [0.25, 0.3) is 0 Å². The van der Waals surface area contributed by atoms with E-state index in [2.05, 4.69) is 31.1 Å². The van der Waals surface area contributed by atoms with Crippen molar-refractivity contribution >= 4 is 33.7 Å². The Morgan fingerprint density at radius 3 is 2.42 bits per heavy atom. The summed E-state index contributed by atoms with van der Waals surface area (Å²) in [7, 11) is 1.78. The Hall–Kier alpha value is -2.71. The standard InChI is InChI=1S/C25H30N2O4S2/c1-16(23(28)26-18-9-7-17(8-10-18)25(2,3)4)33(29)15-19-14-32-24(27-19)21-12-11-20(30-5)13-22(21)31-6/h7-14,16H,15H2,1-6H3,(H,26,28). The average molecular weight is 487 g/mol. The molecule has 0 aliphatic carbocycles. The lowest BCUT2D eigenvalue weighted by Gasteiger charge is -2.19. The van der Waals surface area contributed by atoms with Crippen molar-refractivity contribution in [1.82, 2.24) is 4.98 Å². The molecule has 3 aromatic rings. The highest BCUT2D eigenvalue weighted by atomic mass is 32.2. The summed E-state index contributed by atoms with van der Waals surface area (Å²) in [6.07, 6.45) is 0. The molecular weight excluding hydrogens is 456 g/mol. The van der Waals surface area contributed by atoms with Gasteiger partial charge < -0.3 is 14.8 Å². The van der Waals surface area contributed by atoms with Crippen LogP contribution < -0.4 is 14.8 Å². The molecule has 2 atom stereocenters. The van der Waals surface area contributed by atoms with E-state index in [9.17, 15) is 9.00 Å². The number of hydrogen-bond donors (Lipinski definition) is 1. The van der Waals surface area contributed by atoms with Crippen LogP contribution in [0.4, 0.5) is 5.69 Å². The second-order valence-electron chi connectivity index (χ2n) is 8.69. The first-order valence-corrected chi connectivity index (χ1v) is 12.8. The summed E-state index contributed by atoms with van der Waals surface area (Å²) >= 11 is 1.45. The molecule has 2 unspecified atom stereocenters. The van der Waals surface area contributed by atoms with Crippen LogP contribution in [0, 0.1) is 0 Å². The van der Waals surface area contributed by atoms with Crippen molar-refractivity contribution in [1.29, 1.82) is 0 Å². The second kappa shape index (κ2) is 10.5. The number of thiazole rings is 1. The number of hydrogen-bond acceptors (Lipinski definition) is 6. The Kier molecular flexibility index (Phi) is 7.92. The second-order valence-corrected chi connectivity index (χ2v) is 11.3. The fraction of sp³-hybridized carbons (Fsp3) is 0.360. The lowest BCUT2D eigenvalue weighted by Crippen LogP contribution is -2.29. The van der Waals surface area contributed by atoms with Crippen LogP contribution in [0.5, 0.6) is 11.5 Å². The molecule has 1 aromatic heterocycles. The number of nitrogens with one attached hydrogen (secondary N) is 1. The number of anilines is 1. The van der Waals surface area contributed by atoms with Gasteiger partial charge in [-0.25, -0.2) is 4.98 Å². The van der Waals surface area contributed by atoms with Crippen molar-refractivity contribution in [2.24, 2.45) is 0 Å². The quantitative estimate of drug-likeness (QED) is 0.461. The molecule has 1 N–H and O–H groups in total. The van der Waals surface area contributed by atoms with E-state index in [1.165, 1.54) is 16.9 Å². The van der Waals surface area contributed by atoms with Crippen LogP contribution in [-0.4, -0.2) is 34.6 Å². The third-order valence-electron chi connectivity index (χ3n) is 5.26. The number of aromatic nitrogens is 1. The van der Waals surface area contributed by atoms with Gasteiger partial charge in [-0.1, -0.05) is 32.9 Å². The molecule has 0 fully saturated rings. The molecule has 0 bridgehead atoms. The van der Waals surface area contributed by atoms with Crippen molar-refractivity contribution in [3.63, 3.8) is 0 Å². The molecule has 0 spiro atoms. The average Bonchev–Trinajstić information content (AvgIpc) is 3.25. The number of amides is 1. The summed E-state index contributed by atoms with van der Waals surface area (Å²) in [6, 6.07) is 13.3. The fourth-order valence-electron chi connectivity index (χ4n) is 3.16. The zero-order chi connectivity index (χ0) is 24.2. The highest BCUT2D eigenvalue weighted by Gasteiger charge is 2.22. The Balaban J connectivity index is 1.64. The lowest BCUT2D eigenvalue weighted by molar-refractivity contribution is -0.115. The van der Waals surface area contributed by atoms with E-state index in [-0.39, 0.29) is 17.1 Å². The lowest BCUT2D eigenvalue weighted by atomic mass is 9.87. The predicted molar refractivity (Wildman–Crippen MR) is 136 cm³/mol. The van der Waals surface area contributed by atoms with Gasteiger partial charge in [-0.3, -0.25) is 9.00 Å². The van der Waals surface area contributed by atoms with Gasteiger partial charge in [0.1, 0.15) is 21.8 Å². The van der Waals surface area contributed by atoms with Crippen LogP contribution in [-0.2, 0) is 26.8 Å². The smallest absolute Gasteiger partial charge is 0.239 e. The first-order chi connectivity index (χ1) is 15.6. The molecule has 0 aliphatic heterocycles. The van der Waals surface area contributed by atoms with E-state index in [1.807, 2.05) is 41.8 Å². The monoisotopic (exact) mass is 486 g/mol. The van der Waals surface area contributed by atoms with Crippen molar-refractivity contribution in [3.8, 4) is 22.1 Å². The number of methoxy groups -OCH3 is 2.